The molecular formula is C45H37F2N3. The molecular weight excluding hydrogens is 621 g/mol. The Kier molecular flexibility index (Phi) is 7.03. The van der Waals surface area contributed by atoms with E-state index < -0.39 is 11.6 Å². The molecule has 0 aliphatic carbocycles. The van der Waals surface area contributed by atoms with Crippen molar-refractivity contribution in [2.45, 2.75) is 52.4 Å². The summed E-state index contributed by atoms with van der Waals surface area (Å²) >= 11 is 0. The van der Waals surface area contributed by atoms with Gasteiger partial charge in [-0.2, -0.15) is 5.26 Å². The van der Waals surface area contributed by atoms with E-state index in [4.69, 9.17) is 0 Å². The van der Waals surface area contributed by atoms with Crippen LogP contribution < -0.4 is 0 Å². The molecule has 8 aromatic rings. The van der Waals surface area contributed by atoms with Gasteiger partial charge in [0.15, 0.2) is 0 Å². The number of halogens is 2. The van der Waals surface area contributed by atoms with E-state index in [1.54, 1.807) is 12.1 Å². The molecule has 5 heteroatoms. The number of fused-ring (bicyclic) bond motifs is 6. The van der Waals surface area contributed by atoms with Gasteiger partial charge in [-0.1, -0.05) is 108 Å². The number of benzene rings is 6. The highest BCUT2D eigenvalue weighted by atomic mass is 19.1. The van der Waals surface area contributed by atoms with Gasteiger partial charge >= 0.3 is 0 Å². The largest absolute Gasteiger partial charge is 0.308 e. The van der Waals surface area contributed by atoms with Crippen LogP contribution in [0.3, 0.4) is 0 Å². The number of nitrogens with zero attached hydrogens (tertiary/aromatic N) is 3. The summed E-state index contributed by atoms with van der Waals surface area (Å²) in [4.78, 5) is 0. The Labute approximate surface area is 290 Å². The van der Waals surface area contributed by atoms with Crippen molar-refractivity contribution in [1.29, 1.82) is 5.26 Å². The first kappa shape index (κ1) is 31.5. The van der Waals surface area contributed by atoms with Crippen LogP contribution >= 0.6 is 0 Å². The number of nitriles is 1. The highest BCUT2D eigenvalue weighted by Crippen LogP contribution is 2.42. The molecule has 0 unspecified atom stereocenters. The molecule has 0 radical (unpaired) electrons. The molecule has 0 spiro atoms. The Balaban J connectivity index is 1.59. The molecule has 0 aliphatic rings. The van der Waals surface area contributed by atoms with Gasteiger partial charge in [-0.05, 0) is 76.1 Å². The van der Waals surface area contributed by atoms with Crippen LogP contribution in [-0.2, 0) is 10.8 Å². The number of hydrogen-bond donors (Lipinski definition) is 0. The lowest BCUT2D eigenvalue weighted by atomic mass is 9.86. The van der Waals surface area contributed by atoms with Gasteiger partial charge in [0.1, 0.15) is 23.3 Å². The zero-order valence-electron chi connectivity index (χ0n) is 29.1. The first-order valence-corrected chi connectivity index (χ1v) is 17.0. The summed E-state index contributed by atoms with van der Waals surface area (Å²) in [7, 11) is 0. The van der Waals surface area contributed by atoms with Crippen molar-refractivity contribution < 1.29 is 8.78 Å². The molecule has 0 atom stereocenters. The summed E-state index contributed by atoms with van der Waals surface area (Å²) in [6.45, 7) is 13.1. The Morgan fingerprint density at radius 3 is 1.34 bits per heavy atom. The predicted molar refractivity (Wildman–Crippen MR) is 203 cm³/mol. The third-order valence-corrected chi connectivity index (χ3v) is 10.0. The lowest BCUT2D eigenvalue weighted by molar-refractivity contribution is 0.589. The van der Waals surface area contributed by atoms with E-state index in [2.05, 4.69) is 105 Å². The zero-order chi connectivity index (χ0) is 35.1. The molecule has 246 valence electrons. The summed E-state index contributed by atoms with van der Waals surface area (Å²) in [6, 6.07) is 39.2. The number of para-hydroxylation sites is 2. The van der Waals surface area contributed by atoms with Gasteiger partial charge in [-0.15, -0.1) is 0 Å². The average molecular weight is 658 g/mol. The molecule has 3 nitrogen and oxygen atoms in total. The summed E-state index contributed by atoms with van der Waals surface area (Å²) < 4.78 is 35.6. The van der Waals surface area contributed by atoms with Crippen LogP contribution in [0.1, 0.15) is 58.2 Å². The van der Waals surface area contributed by atoms with Crippen LogP contribution in [0.2, 0.25) is 0 Å². The second-order valence-corrected chi connectivity index (χ2v) is 15.3. The summed E-state index contributed by atoms with van der Waals surface area (Å²) in [5.41, 5.74) is 7.38. The van der Waals surface area contributed by atoms with Crippen molar-refractivity contribution in [2.75, 3.05) is 0 Å². The maximum absolute atomic E-state index is 15.7. The molecule has 2 heterocycles. The van der Waals surface area contributed by atoms with Crippen LogP contribution in [-0.4, -0.2) is 9.13 Å². The molecule has 0 aliphatic heterocycles. The van der Waals surface area contributed by atoms with Gasteiger partial charge in [0.2, 0.25) is 0 Å². The lowest BCUT2D eigenvalue weighted by Crippen LogP contribution is -2.11. The third-order valence-electron chi connectivity index (χ3n) is 10.0. The van der Waals surface area contributed by atoms with Crippen LogP contribution in [0.25, 0.3) is 66.1 Å². The minimum atomic E-state index is -0.666. The van der Waals surface area contributed by atoms with Crippen LogP contribution in [0.5, 0.6) is 0 Å². The van der Waals surface area contributed by atoms with Gasteiger partial charge in [0.05, 0.1) is 39.0 Å². The lowest BCUT2D eigenvalue weighted by Gasteiger charge is -2.21. The number of hydrogen-bond acceptors (Lipinski definition) is 1. The minimum Gasteiger partial charge on any atom is -0.308 e. The molecule has 50 heavy (non-hydrogen) atoms. The molecule has 6 aromatic carbocycles. The van der Waals surface area contributed by atoms with Crippen molar-refractivity contribution in [3.05, 3.63) is 144 Å². The summed E-state index contributed by atoms with van der Waals surface area (Å²) in [5.74, 6) is -1.33. The molecule has 0 amide bonds. The zero-order valence-corrected chi connectivity index (χ0v) is 29.1. The second-order valence-electron chi connectivity index (χ2n) is 15.3. The highest BCUT2D eigenvalue weighted by Gasteiger charge is 2.26. The maximum atomic E-state index is 15.7. The first-order valence-electron chi connectivity index (χ1n) is 17.0. The second kappa shape index (κ2) is 11.1. The monoisotopic (exact) mass is 657 g/mol. The van der Waals surface area contributed by atoms with Crippen molar-refractivity contribution in [3.8, 4) is 28.6 Å². The van der Waals surface area contributed by atoms with Gasteiger partial charge in [0, 0.05) is 21.5 Å². The maximum Gasteiger partial charge on any atom is 0.133 e. The van der Waals surface area contributed by atoms with E-state index in [0.717, 1.165) is 54.7 Å². The van der Waals surface area contributed by atoms with Crippen LogP contribution in [0, 0.1) is 23.0 Å². The highest BCUT2D eigenvalue weighted by molar-refractivity contribution is 6.11. The Bertz CT molecular complexity index is 2530. The van der Waals surface area contributed by atoms with Crippen LogP contribution in [0.15, 0.2) is 115 Å². The Morgan fingerprint density at radius 1 is 0.500 bits per heavy atom. The van der Waals surface area contributed by atoms with Crippen molar-refractivity contribution >= 4 is 43.6 Å². The summed E-state index contributed by atoms with van der Waals surface area (Å²) in [5, 5.41) is 15.3. The normalized spacial score (nSPS) is 12.4. The molecule has 0 bridgehead atoms. The fourth-order valence-electron chi connectivity index (χ4n) is 7.39. The SMILES string of the molecule is CC(C)(C)c1ccc2c3ccccc3n(-c3cc(-c4c(F)cccc4F)cc(-n4c5ccccc5c5ccc(C(C)(C)C)cc54)c3C#N)c2c1. The summed E-state index contributed by atoms with van der Waals surface area (Å²) in [6.07, 6.45) is 0. The number of rotatable bonds is 3. The van der Waals surface area contributed by atoms with Gasteiger partial charge in [-0.25, -0.2) is 8.78 Å². The topological polar surface area (TPSA) is 33.6 Å². The third kappa shape index (κ3) is 4.82. The van der Waals surface area contributed by atoms with Crippen molar-refractivity contribution in [2.24, 2.45) is 0 Å². The van der Waals surface area contributed by atoms with E-state index in [0.29, 0.717) is 22.5 Å². The first-order chi connectivity index (χ1) is 23.9. The van der Waals surface area contributed by atoms with Crippen LogP contribution in [0.4, 0.5) is 8.78 Å². The standard InChI is InChI=1S/C45H37F2N3/c1-44(2,3)28-18-20-32-30-12-7-9-16-37(30)49(41(32)24-28)39-22-27(43-35(46)14-11-15-36(43)47)23-40(34(39)26-48)50-38-17-10-8-13-31(38)33-21-19-29(25-42(33)50)45(4,5)6/h7-25H,1-6H3. The van der Waals surface area contributed by atoms with E-state index in [1.165, 1.54) is 18.2 Å². The minimum absolute atomic E-state index is 0.133. The van der Waals surface area contributed by atoms with Crippen molar-refractivity contribution in [3.63, 3.8) is 0 Å². The molecule has 0 saturated heterocycles. The van der Waals surface area contributed by atoms with E-state index in [9.17, 15) is 5.26 Å². The van der Waals surface area contributed by atoms with E-state index in [1.807, 2.05) is 36.4 Å². The predicted octanol–water partition coefficient (Wildman–Crippen LogP) is 12.3. The molecule has 0 N–H and O–H groups in total. The smallest absolute Gasteiger partial charge is 0.133 e. The van der Waals surface area contributed by atoms with Crippen molar-refractivity contribution in [1.82, 2.24) is 9.13 Å². The quantitative estimate of drug-likeness (QED) is 0.186. The molecule has 0 fully saturated rings. The van der Waals surface area contributed by atoms with E-state index >= 15 is 8.78 Å². The molecule has 2 aromatic heterocycles. The fraction of sp³-hybridized carbons (Fsp3) is 0.178. The molecule has 8 rings (SSSR count). The van der Waals surface area contributed by atoms with Gasteiger partial charge < -0.3 is 9.13 Å². The van der Waals surface area contributed by atoms with Gasteiger partial charge in [0.25, 0.3) is 0 Å². The Hall–Kier alpha value is -5.73. The van der Waals surface area contributed by atoms with E-state index in [-0.39, 0.29) is 16.4 Å². The molecule has 0 saturated carbocycles. The van der Waals surface area contributed by atoms with Gasteiger partial charge in [-0.3, -0.25) is 0 Å². The fourth-order valence-corrected chi connectivity index (χ4v) is 7.39. The average Bonchev–Trinajstić information content (AvgIpc) is 3.59. The Morgan fingerprint density at radius 2 is 0.920 bits per heavy atom. The number of aromatic nitrogens is 2.